The van der Waals surface area contributed by atoms with Gasteiger partial charge in [-0.05, 0) is 47.5 Å². The van der Waals surface area contributed by atoms with Crippen LogP contribution in [0, 0.1) is 22.7 Å². The van der Waals surface area contributed by atoms with Gasteiger partial charge in [-0.3, -0.25) is 10.1 Å². The molecule has 0 radical (unpaired) electrons. The lowest BCUT2D eigenvalue weighted by Gasteiger charge is -2.17. The van der Waals surface area contributed by atoms with E-state index in [1.165, 1.54) is 12.1 Å². The summed E-state index contributed by atoms with van der Waals surface area (Å²) in [7, 11) is 0. The summed E-state index contributed by atoms with van der Waals surface area (Å²) in [5.41, 5.74) is 5.10. The Morgan fingerprint density at radius 2 is 1.43 bits per heavy atom. The molecule has 0 aliphatic rings. The van der Waals surface area contributed by atoms with Gasteiger partial charge in [0.1, 0.15) is 36.6 Å². The van der Waals surface area contributed by atoms with Crippen molar-refractivity contribution in [2.24, 2.45) is 0 Å². The number of benzene rings is 4. The molecule has 0 aliphatic carbocycles. The Morgan fingerprint density at radius 3 is 2.09 bits per heavy atom. The van der Waals surface area contributed by atoms with Gasteiger partial charge in [0.15, 0.2) is 0 Å². The monoisotopic (exact) mass is 815 g/mol. The molecular formula is C41H36Cl3N5O7. The molecule has 1 unspecified atom stereocenters. The number of carbonyl (C=O) groups is 1. The first kappa shape index (κ1) is 41.7. The fourth-order valence-corrected chi connectivity index (χ4v) is 6.40. The van der Waals surface area contributed by atoms with Crippen LogP contribution in [-0.4, -0.2) is 65.2 Å². The van der Waals surface area contributed by atoms with Crippen molar-refractivity contribution in [2.45, 2.75) is 25.8 Å². The summed E-state index contributed by atoms with van der Waals surface area (Å²) in [4.78, 5) is 16.0. The van der Waals surface area contributed by atoms with E-state index < -0.39 is 18.6 Å². The van der Waals surface area contributed by atoms with Crippen molar-refractivity contribution in [3.8, 4) is 51.9 Å². The number of carboxylic acid groups (broad SMARTS) is 1. The van der Waals surface area contributed by atoms with Gasteiger partial charge in [-0.2, -0.15) is 15.5 Å². The molecule has 0 fully saturated rings. The van der Waals surface area contributed by atoms with E-state index in [1.54, 1.807) is 18.2 Å². The number of pyridine rings is 1. The van der Waals surface area contributed by atoms with Gasteiger partial charge in [0.25, 0.3) is 0 Å². The van der Waals surface area contributed by atoms with Crippen LogP contribution in [0.2, 0.25) is 15.1 Å². The first-order valence-corrected chi connectivity index (χ1v) is 18.4. The van der Waals surface area contributed by atoms with Crippen LogP contribution in [-0.2, 0) is 24.6 Å². The number of hydrogen-bond acceptors (Lipinski definition) is 11. The number of aromatic nitrogens is 1. The van der Waals surface area contributed by atoms with Crippen LogP contribution >= 0.6 is 34.8 Å². The minimum atomic E-state index is -1.26. The van der Waals surface area contributed by atoms with Crippen LogP contribution < -0.4 is 24.8 Å². The number of carboxylic acids is 1. The average molecular weight is 817 g/mol. The number of rotatable bonds is 19. The standard InChI is InChI=1S/C41H36Cl3N5O7/c42-35-18-30(21-48-36(22-51)41(52)53)39(55-23-27-16-25(19-45)15-26(17-27)20-46)49-40(35)56-24-29-3-1-5-33(37(29)43)34-6-2-4-32(38(34)44)28-7-9-31(10-8-28)54-14-12-47-11-13-50/h1-10,15-18,36,47-48,50-51H,11-14,21-24H2,(H,52,53). The molecule has 0 amide bonds. The Bertz CT molecular complexity index is 2210. The second-order valence-electron chi connectivity index (χ2n) is 12.2. The Labute approximate surface area is 338 Å². The molecule has 0 spiro atoms. The molecule has 1 aromatic heterocycles. The van der Waals surface area contributed by atoms with Crippen LogP contribution in [0.15, 0.2) is 84.9 Å². The van der Waals surface area contributed by atoms with Crippen molar-refractivity contribution in [1.82, 2.24) is 15.6 Å². The number of hydrogen-bond donors (Lipinski definition) is 5. The van der Waals surface area contributed by atoms with Crippen LogP contribution in [0.5, 0.6) is 17.5 Å². The van der Waals surface area contributed by atoms with Crippen molar-refractivity contribution in [1.29, 1.82) is 10.5 Å². The highest BCUT2D eigenvalue weighted by atomic mass is 35.5. The Kier molecular flexibility index (Phi) is 15.3. The molecule has 0 saturated heterocycles. The Balaban J connectivity index is 1.36. The van der Waals surface area contributed by atoms with Crippen LogP contribution in [0.3, 0.4) is 0 Å². The summed E-state index contributed by atoms with van der Waals surface area (Å²) in [5, 5.41) is 53.4. The molecule has 0 bridgehead atoms. The van der Waals surface area contributed by atoms with Crippen LogP contribution in [0.4, 0.5) is 0 Å². The highest BCUT2D eigenvalue weighted by molar-refractivity contribution is 6.38. The highest BCUT2D eigenvalue weighted by Crippen LogP contribution is 2.41. The van der Waals surface area contributed by atoms with Crippen LogP contribution in [0.1, 0.15) is 27.8 Å². The van der Waals surface area contributed by atoms with E-state index in [-0.39, 0.29) is 54.3 Å². The maximum atomic E-state index is 11.5. The summed E-state index contributed by atoms with van der Waals surface area (Å²) >= 11 is 20.6. The molecule has 5 N–H and O–H groups in total. The van der Waals surface area contributed by atoms with Crippen LogP contribution in [0.25, 0.3) is 22.3 Å². The second kappa shape index (κ2) is 20.5. The number of halogens is 3. The zero-order valence-corrected chi connectivity index (χ0v) is 32.0. The third kappa shape index (κ3) is 10.9. The minimum Gasteiger partial charge on any atom is -0.492 e. The molecule has 56 heavy (non-hydrogen) atoms. The predicted molar refractivity (Wildman–Crippen MR) is 212 cm³/mol. The van der Waals surface area contributed by atoms with Gasteiger partial charge in [0.2, 0.25) is 11.8 Å². The molecule has 12 nitrogen and oxygen atoms in total. The van der Waals surface area contributed by atoms with E-state index in [0.717, 1.165) is 11.1 Å². The molecule has 15 heteroatoms. The van der Waals surface area contributed by atoms with E-state index in [4.69, 9.17) is 54.1 Å². The lowest BCUT2D eigenvalue weighted by atomic mass is 9.97. The number of aliphatic hydroxyl groups is 2. The van der Waals surface area contributed by atoms with Crippen molar-refractivity contribution in [2.75, 3.05) is 32.9 Å². The smallest absolute Gasteiger partial charge is 0.323 e. The largest absolute Gasteiger partial charge is 0.492 e. The lowest BCUT2D eigenvalue weighted by molar-refractivity contribution is -0.140. The van der Waals surface area contributed by atoms with Crippen molar-refractivity contribution < 1.29 is 34.3 Å². The van der Waals surface area contributed by atoms with Crippen molar-refractivity contribution in [3.05, 3.63) is 128 Å². The first-order chi connectivity index (χ1) is 27.1. The summed E-state index contributed by atoms with van der Waals surface area (Å²) in [6.07, 6.45) is 0. The maximum Gasteiger partial charge on any atom is 0.323 e. The van der Waals surface area contributed by atoms with Gasteiger partial charge in [-0.1, -0.05) is 83.3 Å². The number of ether oxygens (including phenoxy) is 3. The first-order valence-electron chi connectivity index (χ1n) is 17.2. The normalized spacial score (nSPS) is 11.3. The molecule has 288 valence electrons. The molecule has 0 aliphatic heterocycles. The zero-order valence-electron chi connectivity index (χ0n) is 29.8. The maximum absolute atomic E-state index is 11.5. The predicted octanol–water partition coefficient (Wildman–Crippen LogP) is 6.77. The van der Waals surface area contributed by atoms with Gasteiger partial charge >= 0.3 is 5.97 Å². The fourth-order valence-electron chi connectivity index (χ4n) is 5.55. The van der Waals surface area contributed by atoms with E-state index in [2.05, 4.69) is 15.6 Å². The van der Waals surface area contributed by atoms with E-state index in [1.807, 2.05) is 66.7 Å². The number of aliphatic hydroxyl groups excluding tert-OH is 2. The van der Waals surface area contributed by atoms with Gasteiger partial charge in [-0.25, -0.2) is 0 Å². The molecule has 5 aromatic rings. The van der Waals surface area contributed by atoms with E-state index in [9.17, 15) is 25.5 Å². The van der Waals surface area contributed by atoms with Gasteiger partial charge in [-0.15, -0.1) is 0 Å². The second-order valence-corrected chi connectivity index (χ2v) is 13.4. The van der Waals surface area contributed by atoms with Gasteiger partial charge in [0.05, 0.1) is 46.5 Å². The highest BCUT2D eigenvalue weighted by Gasteiger charge is 2.20. The van der Waals surface area contributed by atoms with Gasteiger partial charge in [0, 0.05) is 47.5 Å². The zero-order chi connectivity index (χ0) is 40.0. The van der Waals surface area contributed by atoms with E-state index in [0.29, 0.717) is 63.3 Å². The molecule has 1 heterocycles. The van der Waals surface area contributed by atoms with Gasteiger partial charge < -0.3 is 34.8 Å². The number of aliphatic carboxylic acids is 1. The summed E-state index contributed by atoms with van der Waals surface area (Å²) in [5.74, 6) is -0.507. The average Bonchev–Trinajstić information content (AvgIpc) is 3.21. The molecular weight excluding hydrogens is 781 g/mol. The number of nitrogens with one attached hydrogen (secondary N) is 2. The number of nitrogens with zero attached hydrogens (tertiary/aromatic N) is 3. The SMILES string of the molecule is N#Cc1cc(C#N)cc(COc2nc(OCc3cccc(-c4cccc(-c5ccc(OCCNCCO)cc5)c4Cl)c3Cl)c(Cl)cc2CNC(CO)C(=O)O)c1. The quantitative estimate of drug-likeness (QED) is 0.0551. The topological polar surface area (TPSA) is 190 Å². The summed E-state index contributed by atoms with van der Waals surface area (Å²) < 4.78 is 17.9. The number of nitriles is 2. The Hall–Kier alpha value is -5.41. The molecule has 5 rings (SSSR count). The third-order valence-electron chi connectivity index (χ3n) is 8.36. The third-order valence-corrected chi connectivity index (χ3v) is 9.49. The molecule has 4 aromatic carbocycles. The fraction of sp³-hybridized carbons (Fsp3) is 0.220. The summed E-state index contributed by atoms with van der Waals surface area (Å²) in [6.45, 7) is 0.753. The Morgan fingerprint density at radius 1 is 0.768 bits per heavy atom. The minimum absolute atomic E-state index is 0.00111. The lowest BCUT2D eigenvalue weighted by Crippen LogP contribution is -2.39. The molecule has 0 saturated carbocycles. The van der Waals surface area contributed by atoms with Crippen molar-refractivity contribution in [3.63, 3.8) is 0 Å². The van der Waals surface area contributed by atoms with Crippen molar-refractivity contribution >= 4 is 40.8 Å². The molecule has 1 atom stereocenters. The summed E-state index contributed by atoms with van der Waals surface area (Å²) in [6, 6.07) is 27.6. The van der Waals surface area contributed by atoms with E-state index >= 15 is 0 Å².